The van der Waals surface area contributed by atoms with E-state index in [4.69, 9.17) is 4.98 Å². The lowest BCUT2D eigenvalue weighted by Crippen LogP contribution is -2.20. The Bertz CT molecular complexity index is 660. The summed E-state index contributed by atoms with van der Waals surface area (Å²) in [5, 5.41) is 3.45. The zero-order chi connectivity index (χ0) is 15.0. The first-order chi connectivity index (χ1) is 9.99. The molecule has 0 saturated carbocycles. The molecule has 1 aromatic heterocycles. The van der Waals surface area contributed by atoms with Gasteiger partial charge in [-0.25, -0.2) is 4.39 Å². The number of pyridine rings is 1. The van der Waals surface area contributed by atoms with Crippen LogP contribution in [0.3, 0.4) is 0 Å². The van der Waals surface area contributed by atoms with Crippen molar-refractivity contribution >= 4 is 5.69 Å². The van der Waals surface area contributed by atoms with Crippen molar-refractivity contribution in [2.45, 2.75) is 39.0 Å². The minimum Gasteiger partial charge on any atom is -0.383 e. The van der Waals surface area contributed by atoms with E-state index in [0.717, 1.165) is 36.3 Å². The molecule has 0 amide bonds. The quantitative estimate of drug-likeness (QED) is 0.918. The van der Waals surface area contributed by atoms with E-state index in [-0.39, 0.29) is 11.2 Å². The number of rotatable bonds is 3. The Labute approximate surface area is 125 Å². The van der Waals surface area contributed by atoms with E-state index >= 15 is 0 Å². The van der Waals surface area contributed by atoms with Gasteiger partial charge in [-0.3, -0.25) is 4.98 Å². The van der Waals surface area contributed by atoms with Crippen LogP contribution in [0.4, 0.5) is 10.1 Å². The number of benzene rings is 1. The molecule has 0 aliphatic carbocycles. The summed E-state index contributed by atoms with van der Waals surface area (Å²) in [5.74, 6) is -0.190. The summed E-state index contributed by atoms with van der Waals surface area (Å²) in [6.45, 7) is 7.51. The Hall–Kier alpha value is -1.90. The summed E-state index contributed by atoms with van der Waals surface area (Å²) in [6.07, 6.45) is 1.71. The van der Waals surface area contributed by atoms with Crippen LogP contribution in [0.15, 0.2) is 30.3 Å². The zero-order valence-corrected chi connectivity index (χ0v) is 12.8. The molecule has 1 aliphatic rings. The first-order valence-electron chi connectivity index (χ1n) is 7.51. The maximum atomic E-state index is 13.0. The van der Waals surface area contributed by atoms with Gasteiger partial charge >= 0.3 is 0 Å². The lowest BCUT2D eigenvalue weighted by Gasteiger charge is -2.18. The van der Waals surface area contributed by atoms with E-state index < -0.39 is 0 Å². The van der Waals surface area contributed by atoms with Crippen molar-refractivity contribution in [2.24, 2.45) is 0 Å². The van der Waals surface area contributed by atoms with Crippen molar-refractivity contribution in [3.05, 3.63) is 58.7 Å². The molecule has 1 N–H and O–H groups in total. The monoisotopic (exact) mass is 284 g/mol. The largest absolute Gasteiger partial charge is 0.383 e. The highest BCUT2D eigenvalue weighted by molar-refractivity contribution is 5.59. The Kier molecular flexibility index (Phi) is 3.44. The second-order valence-corrected chi connectivity index (χ2v) is 6.38. The zero-order valence-electron chi connectivity index (χ0n) is 12.8. The number of hydrogen-bond acceptors (Lipinski definition) is 2. The molecule has 1 aromatic carbocycles. The van der Waals surface area contributed by atoms with Crippen molar-refractivity contribution in [3.8, 4) is 0 Å². The molecule has 1 aliphatic heterocycles. The van der Waals surface area contributed by atoms with E-state index in [1.54, 1.807) is 0 Å². The lowest BCUT2D eigenvalue weighted by molar-refractivity contribution is 0.566. The summed E-state index contributed by atoms with van der Waals surface area (Å²) >= 11 is 0. The van der Waals surface area contributed by atoms with Crippen molar-refractivity contribution in [1.82, 2.24) is 4.98 Å². The normalized spacial score (nSPS) is 15.6. The van der Waals surface area contributed by atoms with E-state index in [9.17, 15) is 4.39 Å². The molecular formula is C18H21FN2. The molecule has 2 aromatic rings. The maximum Gasteiger partial charge on any atom is 0.123 e. The van der Waals surface area contributed by atoms with Gasteiger partial charge in [0.15, 0.2) is 0 Å². The van der Waals surface area contributed by atoms with E-state index in [0.29, 0.717) is 0 Å². The topological polar surface area (TPSA) is 24.9 Å². The molecule has 0 radical (unpaired) electrons. The molecule has 2 nitrogen and oxygen atoms in total. The molecule has 0 bridgehead atoms. The van der Waals surface area contributed by atoms with Gasteiger partial charge in [0, 0.05) is 17.7 Å². The highest BCUT2D eigenvalue weighted by atomic mass is 19.1. The maximum absolute atomic E-state index is 13.0. The number of fused-ring (bicyclic) bond motifs is 1. The Morgan fingerprint density at radius 2 is 1.95 bits per heavy atom. The Balaban J connectivity index is 1.97. The lowest BCUT2D eigenvalue weighted by atomic mass is 9.90. The highest BCUT2D eigenvalue weighted by Gasteiger charge is 2.32. The number of nitrogens with one attached hydrogen (secondary N) is 1. The molecule has 3 rings (SSSR count). The molecular weight excluding hydrogens is 263 g/mol. The van der Waals surface area contributed by atoms with Crippen LogP contribution < -0.4 is 5.32 Å². The van der Waals surface area contributed by atoms with Crippen LogP contribution in [0.2, 0.25) is 0 Å². The van der Waals surface area contributed by atoms with Crippen LogP contribution in [-0.2, 0) is 18.3 Å². The van der Waals surface area contributed by atoms with E-state index in [1.165, 1.54) is 23.4 Å². The third kappa shape index (κ3) is 2.65. The van der Waals surface area contributed by atoms with Crippen molar-refractivity contribution in [2.75, 3.05) is 11.9 Å². The van der Waals surface area contributed by atoms with Gasteiger partial charge in [0.05, 0.1) is 11.4 Å². The molecule has 0 spiro atoms. The van der Waals surface area contributed by atoms with Crippen LogP contribution in [0.1, 0.15) is 43.3 Å². The second-order valence-electron chi connectivity index (χ2n) is 6.38. The standard InChI is InChI=1S/C18H21FN2/c1-4-15-13(9-12-5-7-14(19)8-6-12)10-16-17(21-15)18(2,3)11-20-16/h5-8,10,20H,4,9,11H2,1-3H3. The van der Waals surface area contributed by atoms with Crippen molar-refractivity contribution in [1.29, 1.82) is 0 Å². The molecule has 0 fully saturated rings. The fraction of sp³-hybridized carbons (Fsp3) is 0.389. The molecule has 0 unspecified atom stereocenters. The van der Waals surface area contributed by atoms with Crippen molar-refractivity contribution < 1.29 is 4.39 Å². The van der Waals surface area contributed by atoms with Crippen LogP contribution in [-0.4, -0.2) is 11.5 Å². The van der Waals surface area contributed by atoms with E-state index in [2.05, 4.69) is 32.2 Å². The number of hydrogen-bond donors (Lipinski definition) is 1. The molecule has 3 heteroatoms. The molecule has 2 heterocycles. The van der Waals surface area contributed by atoms with Gasteiger partial charge in [-0.15, -0.1) is 0 Å². The number of halogens is 1. The first kappa shape index (κ1) is 14.1. The average Bonchev–Trinajstić information content (AvgIpc) is 2.76. The van der Waals surface area contributed by atoms with Gasteiger partial charge in [-0.05, 0) is 42.2 Å². The minimum atomic E-state index is -0.190. The second kappa shape index (κ2) is 5.14. The predicted octanol–water partition coefficient (Wildman–Crippen LogP) is 4.08. The third-order valence-electron chi connectivity index (χ3n) is 4.20. The van der Waals surface area contributed by atoms with E-state index in [1.807, 2.05) is 12.1 Å². The number of anilines is 1. The van der Waals surface area contributed by atoms with Crippen LogP contribution in [0, 0.1) is 5.82 Å². The summed E-state index contributed by atoms with van der Waals surface area (Å²) in [5.41, 5.74) is 5.90. The first-order valence-corrected chi connectivity index (χ1v) is 7.51. The van der Waals surface area contributed by atoms with Gasteiger partial charge in [0.2, 0.25) is 0 Å². The molecule has 0 saturated heterocycles. The SMILES string of the molecule is CCc1nc2c(cc1Cc1ccc(F)cc1)NCC2(C)C. The minimum absolute atomic E-state index is 0.0909. The number of aryl methyl sites for hydroxylation is 1. The summed E-state index contributed by atoms with van der Waals surface area (Å²) in [7, 11) is 0. The van der Waals surface area contributed by atoms with Crippen molar-refractivity contribution in [3.63, 3.8) is 0 Å². The smallest absolute Gasteiger partial charge is 0.123 e. The van der Waals surface area contributed by atoms with Gasteiger partial charge in [0.25, 0.3) is 0 Å². The molecule has 0 atom stereocenters. The fourth-order valence-corrected chi connectivity index (χ4v) is 2.92. The van der Waals surface area contributed by atoms with Crippen LogP contribution >= 0.6 is 0 Å². The predicted molar refractivity (Wildman–Crippen MR) is 84.3 cm³/mol. The third-order valence-corrected chi connectivity index (χ3v) is 4.20. The van der Waals surface area contributed by atoms with Gasteiger partial charge in [0.1, 0.15) is 5.82 Å². The molecule has 110 valence electrons. The summed E-state index contributed by atoms with van der Waals surface area (Å²) in [6, 6.07) is 8.95. The molecule has 21 heavy (non-hydrogen) atoms. The van der Waals surface area contributed by atoms with Gasteiger partial charge in [-0.2, -0.15) is 0 Å². The fourth-order valence-electron chi connectivity index (χ4n) is 2.92. The summed E-state index contributed by atoms with van der Waals surface area (Å²) in [4.78, 5) is 4.90. The average molecular weight is 284 g/mol. The highest BCUT2D eigenvalue weighted by Crippen LogP contribution is 2.36. The van der Waals surface area contributed by atoms with Crippen LogP contribution in [0.5, 0.6) is 0 Å². The summed E-state index contributed by atoms with van der Waals surface area (Å²) < 4.78 is 13.0. The van der Waals surface area contributed by atoms with Gasteiger partial charge < -0.3 is 5.32 Å². The van der Waals surface area contributed by atoms with Crippen LogP contribution in [0.25, 0.3) is 0 Å². The number of aromatic nitrogens is 1. The van der Waals surface area contributed by atoms with Gasteiger partial charge in [-0.1, -0.05) is 32.9 Å². The Morgan fingerprint density at radius 1 is 1.24 bits per heavy atom. The Morgan fingerprint density at radius 3 is 2.62 bits per heavy atom. The number of nitrogens with zero attached hydrogens (tertiary/aromatic N) is 1.